The molecule has 0 aliphatic rings. The van der Waals surface area contributed by atoms with Gasteiger partial charge in [0.05, 0.1) is 19.3 Å². The van der Waals surface area contributed by atoms with E-state index in [4.69, 9.17) is 15.6 Å². The predicted molar refractivity (Wildman–Crippen MR) is 70.6 cm³/mol. The standard InChI is InChI=1S/C13H18N2O3/c1-3-6-15(7-8-16)13(17)11-9-10(18-2)4-5-12(11)14/h3-5,9,16H,1,6-8,14H2,2H3. The molecule has 0 saturated heterocycles. The molecule has 0 radical (unpaired) electrons. The number of hydrogen-bond donors (Lipinski definition) is 2. The lowest BCUT2D eigenvalue weighted by molar-refractivity contribution is 0.0743. The van der Waals surface area contributed by atoms with Gasteiger partial charge in [0.25, 0.3) is 5.91 Å². The van der Waals surface area contributed by atoms with Crippen molar-refractivity contribution in [1.29, 1.82) is 0 Å². The Kier molecular flexibility index (Phi) is 5.20. The zero-order chi connectivity index (χ0) is 13.5. The van der Waals surface area contributed by atoms with Crippen LogP contribution in [0, 0.1) is 0 Å². The number of hydrogen-bond acceptors (Lipinski definition) is 4. The molecule has 1 aromatic rings. The van der Waals surface area contributed by atoms with Crippen molar-refractivity contribution in [1.82, 2.24) is 4.90 Å². The van der Waals surface area contributed by atoms with E-state index in [9.17, 15) is 4.79 Å². The summed E-state index contributed by atoms with van der Waals surface area (Å²) in [6.07, 6.45) is 1.60. The summed E-state index contributed by atoms with van der Waals surface area (Å²) in [4.78, 5) is 13.7. The van der Waals surface area contributed by atoms with Crippen LogP contribution in [0.2, 0.25) is 0 Å². The van der Waals surface area contributed by atoms with Gasteiger partial charge in [0.15, 0.2) is 0 Å². The average molecular weight is 250 g/mol. The van der Waals surface area contributed by atoms with Gasteiger partial charge in [0.1, 0.15) is 5.75 Å². The van der Waals surface area contributed by atoms with Crippen LogP contribution in [-0.4, -0.2) is 42.7 Å². The smallest absolute Gasteiger partial charge is 0.256 e. The molecule has 0 saturated carbocycles. The molecule has 5 nitrogen and oxygen atoms in total. The number of nitrogens with two attached hydrogens (primary N) is 1. The van der Waals surface area contributed by atoms with Crippen molar-refractivity contribution in [2.75, 3.05) is 32.5 Å². The number of benzene rings is 1. The summed E-state index contributed by atoms with van der Waals surface area (Å²) >= 11 is 0. The van der Waals surface area contributed by atoms with Crippen LogP contribution in [0.3, 0.4) is 0 Å². The second-order valence-electron chi connectivity index (χ2n) is 3.72. The third-order valence-electron chi connectivity index (χ3n) is 2.50. The van der Waals surface area contributed by atoms with E-state index in [1.807, 2.05) is 0 Å². The van der Waals surface area contributed by atoms with Crippen molar-refractivity contribution in [3.8, 4) is 5.75 Å². The maximum absolute atomic E-state index is 12.2. The normalized spacial score (nSPS) is 9.89. The van der Waals surface area contributed by atoms with Crippen LogP contribution in [0.1, 0.15) is 10.4 Å². The SMILES string of the molecule is C=CCN(CCO)C(=O)c1cc(OC)ccc1N. The van der Waals surface area contributed by atoms with Crippen molar-refractivity contribution in [3.63, 3.8) is 0 Å². The van der Waals surface area contributed by atoms with Crippen LogP contribution in [0.25, 0.3) is 0 Å². The Balaban J connectivity index is 3.02. The Morgan fingerprint density at radius 2 is 2.33 bits per heavy atom. The number of aliphatic hydroxyl groups excluding tert-OH is 1. The van der Waals surface area contributed by atoms with Gasteiger partial charge in [-0.2, -0.15) is 0 Å². The Morgan fingerprint density at radius 3 is 2.89 bits per heavy atom. The van der Waals surface area contributed by atoms with Gasteiger partial charge in [-0.15, -0.1) is 6.58 Å². The Labute approximate surface area is 106 Å². The second-order valence-corrected chi connectivity index (χ2v) is 3.72. The molecule has 0 spiro atoms. The lowest BCUT2D eigenvalue weighted by Crippen LogP contribution is -2.34. The van der Waals surface area contributed by atoms with Crippen molar-refractivity contribution >= 4 is 11.6 Å². The number of carbonyl (C=O) groups excluding carboxylic acids is 1. The summed E-state index contributed by atoms with van der Waals surface area (Å²) < 4.78 is 5.06. The number of amides is 1. The number of methoxy groups -OCH3 is 1. The highest BCUT2D eigenvalue weighted by Gasteiger charge is 2.17. The fourth-order valence-corrected chi connectivity index (χ4v) is 1.57. The number of nitrogen functional groups attached to an aromatic ring is 1. The summed E-state index contributed by atoms with van der Waals surface area (Å²) in [5.74, 6) is 0.315. The molecule has 0 aliphatic carbocycles. The highest BCUT2D eigenvalue weighted by molar-refractivity contribution is 5.99. The maximum atomic E-state index is 12.2. The second kappa shape index (κ2) is 6.66. The molecule has 98 valence electrons. The molecule has 0 aliphatic heterocycles. The molecule has 0 unspecified atom stereocenters. The summed E-state index contributed by atoms with van der Waals surface area (Å²) in [5.41, 5.74) is 6.53. The van der Waals surface area contributed by atoms with Crippen molar-refractivity contribution in [3.05, 3.63) is 36.4 Å². The minimum Gasteiger partial charge on any atom is -0.497 e. The van der Waals surface area contributed by atoms with Gasteiger partial charge in [-0.25, -0.2) is 0 Å². The lowest BCUT2D eigenvalue weighted by Gasteiger charge is -2.21. The highest BCUT2D eigenvalue weighted by Crippen LogP contribution is 2.21. The summed E-state index contributed by atoms with van der Waals surface area (Å²) in [6.45, 7) is 4.07. The molecule has 0 aromatic heterocycles. The Morgan fingerprint density at radius 1 is 1.61 bits per heavy atom. The maximum Gasteiger partial charge on any atom is 0.256 e. The number of nitrogens with zero attached hydrogens (tertiary/aromatic N) is 1. The van der Waals surface area contributed by atoms with E-state index in [-0.39, 0.29) is 19.1 Å². The largest absolute Gasteiger partial charge is 0.497 e. The number of rotatable bonds is 6. The van der Waals surface area contributed by atoms with Gasteiger partial charge >= 0.3 is 0 Å². The summed E-state index contributed by atoms with van der Waals surface area (Å²) in [7, 11) is 1.52. The lowest BCUT2D eigenvalue weighted by atomic mass is 10.1. The number of anilines is 1. The van der Waals surface area contributed by atoms with E-state index < -0.39 is 0 Å². The minimum absolute atomic E-state index is 0.108. The molecule has 1 amide bonds. The topological polar surface area (TPSA) is 75.8 Å². The molecule has 0 bridgehead atoms. The predicted octanol–water partition coefficient (Wildman–Crippen LogP) is 0.898. The van der Waals surface area contributed by atoms with Gasteiger partial charge in [-0.3, -0.25) is 4.79 Å². The molecule has 0 heterocycles. The van der Waals surface area contributed by atoms with Crippen molar-refractivity contribution in [2.45, 2.75) is 0 Å². The van der Waals surface area contributed by atoms with E-state index in [0.717, 1.165) is 0 Å². The first-order chi connectivity index (χ1) is 8.63. The molecule has 1 aromatic carbocycles. The number of aliphatic hydroxyl groups is 1. The molecule has 5 heteroatoms. The fraction of sp³-hybridized carbons (Fsp3) is 0.308. The summed E-state index contributed by atoms with van der Waals surface area (Å²) in [5, 5.41) is 8.95. The fourth-order valence-electron chi connectivity index (χ4n) is 1.57. The number of carbonyl (C=O) groups is 1. The number of ether oxygens (including phenoxy) is 1. The molecule has 18 heavy (non-hydrogen) atoms. The zero-order valence-corrected chi connectivity index (χ0v) is 10.4. The van der Waals surface area contributed by atoms with Crippen LogP contribution in [-0.2, 0) is 0 Å². The molecule has 0 fully saturated rings. The van der Waals surface area contributed by atoms with E-state index in [2.05, 4.69) is 6.58 Å². The van der Waals surface area contributed by atoms with Gasteiger partial charge in [-0.1, -0.05) is 6.08 Å². The quantitative estimate of drug-likeness (QED) is 0.581. The van der Waals surface area contributed by atoms with E-state index in [1.54, 1.807) is 24.3 Å². The average Bonchev–Trinajstić information content (AvgIpc) is 2.38. The van der Waals surface area contributed by atoms with Crippen LogP contribution in [0.5, 0.6) is 5.75 Å². The van der Waals surface area contributed by atoms with Gasteiger partial charge < -0.3 is 20.5 Å². The monoisotopic (exact) mass is 250 g/mol. The molecule has 1 rings (SSSR count). The van der Waals surface area contributed by atoms with Gasteiger partial charge in [0, 0.05) is 18.8 Å². The molecule has 3 N–H and O–H groups in total. The molecular formula is C13H18N2O3. The molecular weight excluding hydrogens is 232 g/mol. The first-order valence-electron chi connectivity index (χ1n) is 5.58. The summed E-state index contributed by atoms with van der Waals surface area (Å²) in [6, 6.07) is 4.90. The Bertz CT molecular complexity index is 432. The molecule has 0 atom stereocenters. The van der Waals surface area contributed by atoms with Crippen LogP contribution in [0.4, 0.5) is 5.69 Å². The van der Waals surface area contributed by atoms with E-state index in [0.29, 0.717) is 23.5 Å². The minimum atomic E-state index is -0.250. The van der Waals surface area contributed by atoms with E-state index >= 15 is 0 Å². The third kappa shape index (κ3) is 3.24. The first kappa shape index (κ1) is 14.1. The van der Waals surface area contributed by atoms with Crippen molar-refractivity contribution < 1.29 is 14.6 Å². The Hall–Kier alpha value is -2.01. The van der Waals surface area contributed by atoms with Crippen LogP contribution >= 0.6 is 0 Å². The van der Waals surface area contributed by atoms with Crippen LogP contribution in [0.15, 0.2) is 30.9 Å². The van der Waals surface area contributed by atoms with Gasteiger partial charge in [-0.05, 0) is 18.2 Å². The van der Waals surface area contributed by atoms with Crippen molar-refractivity contribution in [2.24, 2.45) is 0 Å². The highest BCUT2D eigenvalue weighted by atomic mass is 16.5. The van der Waals surface area contributed by atoms with Gasteiger partial charge in [0.2, 0.25) is 0 Å². The third-order valence-corrected chi connectivity index (χ3v) is 2.50. The first-order valence-corrected chi connectivity index (χ1v) is 5.58. The van der Waals surface area contributed by atoms with E-state index in [1.165, 1.54) is 12.0 Å². The zero-order valence-electron chi connectivity index (χ0n) is 10.4. The van der Waals surface area contributed by atoms with Crippen LogP contribution < -0.4 is 10.5 Å².